The van der Waals surface area contributed by atoms with Crippen LogP contribution in [0.15, 0.2) is 64.6 Å². The summed E-state index contributed by atoms with van der Waals surface area (Å²) in [5.41, 5.74) is -0.701. The number of fused-ring (bicyclic) bond motifs is 13. The number of rotatable bonds is 7. The highest BCUT2D eigenvalue weighted by atomic mass is 16.7. The van der Waals surface area contributed by atoms with E-state index in [4.69, 9.17) is 28.9 Å². The second-order valence-electron chi connectivity index (χ2n) is 21.6. The van der Waals surface area contributed by atoms with Gasteiger partial charge in [0, 0.05) is 112 Å². The Morgan fingerprint density at radius 1 is 0.919 bits per heavy atom. The van der Waals surface area contributed by atoms with Crippen LogP contribution in [0.5, 0.6) is 17.2 Å². The molecule has 4 unspecified atom stereocenters. The van der Waals surface area contributed by atoms with Gasteiger partial charge in [0.15, 0.2) is 11.4 Å². The molecule has 6 aliphatic rings. The molecule has 2 aromatic carbocycles. The zero-order chi connectivity index (χ0) is 53.6. The Bertz CT molecular complexity index is 2860. The number of hydrogen-bond donors (Lipinski definition) is 5. The van der Waals surface area contributed by atoms with E-state index in [2.05, 4.69) is 29.2 Å². The van der Waals surface area contributed by atoms with Crippen LogP contribution in [0.2, 0.25) is 0 Å². The number of amides is 2. The van der Waals surface area contributed by atoms with Gasteiger partial charge in [-0.05, 0) is 44.7 Å². The maximum atomic E-state index is 15.0. The Balaban J connectivity index is 1.16. The fourth-order valence-electron chi connectivity index (χ4n) is 11.3. The number of nitrogens with zero attached hydrogens (tertiary/aromatic N) is 6. The number of likely N-dealkylation sites (tertiary alicyclic amines) is 2. The van der Waals surface area contributed by atoms with E-state index in [1.165, 1.54) is 26.4 Å². The van der Waals surface area contributed by atoms with Crippen molar-refractivity contribution in [2.24, 2.45) is 39.6 Å². The van der Waals surface area contributed by atoms with Crippen molar-refractivity contribution in [3.63, 3.8) is 0 Å². The highest BCUT2D eigenvalue weighted by Gasteiger charge is 2.50. The Kier molecular flexibility index (Phi) is 15.8. The molecule has 2 saturated heterocycles. The van der Waals surface area contributed by atoms with E-state index in [1.54, 1.807) is 70.9 Å². The van der Waals surface area contributed by atoms with Crippen molar-refractivity contribution in [2.45, 2.75) is 136 Å². The summed E-state index contributed by atoms with van der Waals surface area (Å²) in [6, 6.07) is 1.99. The van der Waals surface area contributed by atoms with Crippen LogP contribution in [0.1, 0.15) is 109 Å². The summed E-state index contributed by atoms with van der Waals surface area (Å²) >= 11 is 0. The summed E-state index contributed by atoms with van der Waals surface area (Å²) < 4.78 is 26.5. The molecule has 0 radical (unpaired) electrons. The molecule has 9 rings (SSSR count). The van der Waals surface area contributed by atoms with E-state index in [1.807, 2.05) is 16.9 Å². The molecule has 2 amide bonds. The number of phenolic OH excluding ortho intramolecular Hbond substituents is 2. The number of carbonyl (C=O) groups is 4. The molecule has 5 N–H and O–H groups in total. The third-order valence-corrected chi connectivity index (χ3v) is 15.9. The van der Waals surface area contributed by atoms with E-state index in [9.17, 15) is 39.6 Å². The van der Waals surface area contributed by atoms with Gasteiger partial charge in [-0.25, -0.2) is 0 Å². The lowest BCUT2D eigenvalue weighted by atomic mass is 9.78. The SMILES string of the molecule is CO[C@H]1/C=C/OC2(C)Oc3c(C)c(O)c4c(O)c(c5c(c4c3C2=O)=NC2(CCN(CC(C)C)CC2)N=5)NC(=O)/C(C)=C\C=C\C(C)[C@H](O)[C@@H](C)C(O)[C@@H](C)C(OC(=O)CC(=O)N2CCC(n3cccn3)CC2)[C@@H]1C. The number of phenols is 2. The van der Waals surface area contributed by atoms with Crippen molar-refractivity contribution in [3.8, 4) is 17.2 Å². The first-order valence-electron chi connectivity index (χ1n) is 25.9. The van der Waals surface area contributed by atoms with E-state index < -0.39 is 95.1 Å². The number of ether oxygens (including phenoxy) is 4. The molecule has 5 bridgehead atoms. The van der Waals surface area contributed by atoms with E-state index in [-0.39, 0.29) is 61.6 Å². The molecule has 19 heteroatoms. The number of hydrogen-bond acceptors (Lipinski definition) is 16. The standard InChI is InChI=1S/C55H73N7O12/c1-29(2)28-60-24-18-55(19-25-60)58-43-40-41-48(67)35(8)51-42(40)52(69)54(9,74-51)72-26-17-37(71-10)32(5)50(73-39(64)27-38(63)61-22-15-36(16-23-61)62-21-12-20-56-62)34(7)47(66)33(6)46(65)30(3)13-11-14-31(4)53(70)57-45(49(41)68)44(43)59-55/h11-14,17,20-21,26,29-30,32-34,36-37,46-47,50,65-68H,15-16,18-19,22-25,27-28H2,1-10H3,(H,57,70)/b13-11+,26-17+,31-14-/t30?,32-,33-,34-,37+,46+,47?,50?,54?/m1/s1. The highest BCUT2D eigenvalue weighted by Crippen LogP contribution is 2.50. The van der Waals surface area contributed by atoms with Crippen LogP contribution >= 0.6 is 0 Å². The zero-order valence-electron chi connectivity index (χ0n) is 44.2. The number of aromatic nitrogens is 2. The number of carbonyl (C=O) groups excluding carboxylic acids is 4. The minimum absolute atomic E-state index is 0.00763. The summed E-state index contributed by atoms with van der Waals surface area (Å²) in [7, 11) is 1.44. The molecular weight excluding hydrogens is 951 g/mol. The first-order valence-corrected chi connectivity index (χ1v) is 25.9. The molecule has 1 spiro atoms. The molecule has 6 aliphatic heterocycles. The average molecular weight is 1020 g/mol. The summed E-state index contributed by atoms with van der Waals surface area (Å²) in [5, 5.41) is 55.4. The molecule has 0 saturated carbocycles. The molecule has 0 aliphatic carbocycles. The Morgan fingerprint density at radius 2 is 1.61 bits per heavy atom. The Labute approximate surface area is 431 Å². The maximum absolute atomic E-state index is 15.0. The van der Waals surface area contributed by atoms with Crippen molar-refractivity contribution in [3.05, 3.63) is 76.4 Å². The number of aliphatic hydroxyl groups excluding tert-OH is 2. The fourth-order valence-corrected chi connectivity index (χ4v) is 11.3. The van der Waals surface area contributed by atoms with Gasteiger partial charge in [0.05, 0.1) is 46.9 Å². The first-order chi connectivity index (χ1) is 35.1. The van der Waals surface area contributed by atoms with Crippen LogP contribution in [0.4, 0.5) is 5.69 Å². The summed E-state index contributed by atoms with van der Waals surface area (Å²) in [6.07, 6.45) is 8.77. The third-order valence-electron chi connectivity index (χ3n) is 15.9. The maximum Gasteiger partial charge on any atom is 0.315 e. The third kappa shape index (κ3) is 10.4. The topological polar surface area (TPSA) is 247 Å². The number of benzene rings is 2. The minimum Gasteiger partial charge on any atom is -0.507 e. The number of piperidine rings is 2. The summed E-state index contributed by atoms with van der Waals surface area (Å²) in [4.78, 5) is 70.7. The second kappa shape index (κ2) is 21.6. The van der Waals surface area contributed by atoms with Crippen LogP contribution in [-0.2, 0) is 28.6 Å². The summed E-state index contributed by atoms with van der Waals surface area (Å²) in [5.74, 6) is -7.76. The van der Waals surface area contributed by atoms with Gasteiger partial charge in [-0.3, -0.25) is 33.8 Å². The van der Waals surface area contributed by atoms with Gasteiger partial charge >= 0.3 is 11.8 Å². The van der Waals surface area contributed by atoms with Crippen LogP contribution in [0, 0.1) is 36.5 Å². The van der Waals surface area contributed by atoms with Gasteiger partial charge in [-0.1, -0.05) is 59.8 Å². The van der Waals surface area contributed by atoms with Gasteiger partial charge in [0.25, 0.3) is 11.7 Å². The Hall–Kier alpha value is -6.15. The number of aromatic hydroxyl groups is 2. The molecule has 400 valence electrons. The lowest BCUT2D eigenvalue weighted by Gasteiger charge is -2.38. The number of Topliss-reactive ketones (excluding diaryl/α,β-unsaturated/α-hetero) is 1. The predicted molar refractivity (Wildman–Crippen MR) is 274 cm³/mol. The number of aliphatic hydroxyl groups is 2. The van der Waals surface area contributed by atoms with Crippen LogP contribution in [0.25, 0.3) is 10.8 Å². The molecule has 19 nitrogen and oxygen atoms in total. The second-order valence-corrected chi connectivity index (χ2v) is 21.6. The van der Waals surface area contributed by atoms with Crippen molar-refractivity contribution >= 4 is 40.0 Å². The molecule has 9 atom stereocenters. The average Bonchev–Trinajstić information content (AvgIpc) is 4.11. The zero-order valence-corrected chi connectivity index (χ0v) is 44.2. The Morgan fingerprint density at radius 3 is 2.26 bits per heavy atom. The predicted octanol–water partition coefficient (Wildman–Crippen LogP) is 5.18. The molecule has 2 fully saturated rings. The summed E-state index contributed by atoms with van der Waals surface area (Å²) in [6.45, 7) is 18.9. The van der Waals surface area contributed by atoms with Gasteiger partial charge in [-0.2, -0.15) is 5.10 Å². The van der Waals surface area contributed by atoms with E-state index in [0.717, 1.165) is 6.54 Å². The van der Waals surface area contributed by atoms with Gasteiger partial charge in [0.2, 0.25) is 5.91 Å². The van der Waals surface area contributed by atoms with Gasteiger partial charge in [-0.15, -0.1) is 0 Å². The minimum atomic E-state index is -2.02. The molecular formula is C55H73N7O12. The van der Waals surface area contributed by atoms with Crippen molar-refractivity contribution < 1.29 is 58.6 Å². The molecule has 7 heterocycles. The largest absolute Gasteiger partial charge is 0.507 e. The smallest absolute Gasteiger partial charge is 0.315 e. The first kappa shape index (κ1) is 54.1. The highest BCUT2D eigenvalue weighted by molar-refractivity contribution is 6.19. The van der Waals surface area contributed by atoms with Crippen LogP contribution < -0.4 is 20.8 Å². The number of allylic oxidation sites excluding steroid dienone is 2. The lowest BCUT2D eigenvalue weighted by molar-refractivity contribution is -0.165. The monoisotopic (exact) mass is 1020 g/mol. The number of esters is 1. The number of methoxy groups -OCH3 is 1. The number of nitrogens with one attached hydrogen (secondary N) is 1. The van der Waals surface area contributed by atoms with Crippen LogP contribution in [0.3, 0.4) is 0 Å². The molecule has 74 heavy (non-hydrogen) atoms. The molecule has 3 aromatic rings. The normalized spacial score (nSPS) is 30.5. The van der Waals surface area contributed by atoms with Gasteiger partial charge in [0.1, 0.15) is 35.1 Å². The van der Waals surface area contributed by atoms with Gasteiger partial charge < -0.3 is 54.5 Å². The van der Waals surface area contributed by atoms with E-state index >= 15 is 0 Å². The fraction of sp³-hybridized carbons (Fsp3) is 0.582. The van der Waals surface area contributed by atoms with Crippen molar-refractivity contribution in [1.82, 2.24) is 19.6 Å². The number of anilines is 1. The quantitative estimate of drug-likeness (QED) is 0.116. The van der Waals surface area contributed by atoms with Crippen molar-refractivity contribution in [1.29, 1.82) is 0 Å². The molecule has 1 aromatic heterocycles. The van der Waals surface area contributed by atoms with Crippen molar-refractivity contribution in [2.75, 3.05) is 45.2 Å². The lowest BCUT2D eigenvalue weighted by Crippen LogP contribution is -2.47. The number of ketones is 1. The van der Waals surface area contributed by atoms with Crippen LogP contribution in [-0.4, -0.2) is 139 Å². The van der Waals surface area contributed by atoms with E-state index in [0.29, 0.717) is 57.8 Å².